The minimum absolute atomic E-state index is 0. The van der Waals surface area contributed by atoms with E-state index in [9.17, 15) is 8.42 Å². The van der Waals surface area contributed by atoms with Gasteiger partial charge in [-0.3, -0.25) is 4.99 Å². The molecule has 2 aliphatic heterocycles. The highest BCUT2D eigenvalue weighted by Gasteiger charge is 2.31. The van der Waals surface area contributed by atoms with Crippen LogP contribution in [0, 0.1) is 5.92 Å². The van der Waals surface area contributed by atoms with Crippen LogP contribution in [0.1, 0.15) is 46.0 Å². The van der Waals surface area contributed by atoms with Gasteiger partial charge < -0.3 is 15.4 Å². The predicted molar refractivity (Wildman–Crippen MR) is 107 cm³/mol. The first-order valence-electron chi connectivity index (χ1n) is 8.73. The summed E-state index contributed by atoms with van der Waals surface area (Å²) in [6.07, 6.45) is 5.06. The summed E-state index contributed by atoms with van der Waals surface area (Å²) in [6, 6.07) is 0.887. The molecule has 2 heterocycles. The van der Waals surface area contributed by atoms with Crippen molar-refractivity contribution in [2.24, 2.45) is 10.9 Å². The fourth-order valence-electron chi connectivity index (χ4n) is 3.34. The SMILES string of the molecule is CC1(C)CC(NC(=NCC2CCS(=O)(=O)C2)NC2CC2)CCO1.I. The second-order valence-electron chi connectivity index (χ2n) is 7.82. The van der Waals surface area contributed by atoms with Gasteiger partial charge in [0.2, 0.25) is 0 Å². The maximum absolute atomic E-state index is 11.6. The van der Waals surface area contributed by atoms with Crippen molar-refractivity contribution in [1.29, 1.82) is 0 Å². The molecule has 1 saturated carbocycles. The molecule has 0 aromatic rings. The first kappa shape index (κ1) is 20.2. The molecule has 2 atom stereocenters. The van der Waals surface area contributed by atoms with E-state index < -0.39 is 9.84 Å². The second-order valence-corrected chi connectivity index (χ2v) is 10.0. The Bertz CT molecular complexity index is 561. The third kappa shape index (κ3) is 6.33. The van der Waals surface area contributed by atoms with Crippen LogP contribution in [0.15, 0.2) is 4.99 Å². The van der Waals surface area contributed by atoms with Gasteiger partial charge in [-0.25, -0.2) is 8.42 Å². The molecule has 6 nitrogen and oxygen atoms in total. The predicted octanol–water partition coefficient (Wildman–Crippen LogP) is 1.69. The van der Waals surface area contributed by atoms with Gasteiger partial charge >= 0.3 is 0 Å². The highest BCUT2D eigenvalue weighted by molar-refractivity contribution is 14.0. The van der Waals surface area contributed by atoms with Gasteiger partial charge in [-0.2, -0.15) is 0 Å². The zero-order chi connectivity index (χ0) is 16.5. The number of guanidine groups is 1. The summed E-state index contributed by atoms with van der Waals surface area (Å²) in [6.45, 7) is 5.60. The summed E-state index contributed by atoms with van der Waals surface area (Å²) < 4.78 is 28.9. The highest BCUT2D eigenvalue weighted by Crippen LogP contribution is 2.24. The van der Waals surface area contributed by atoms with Crippen molar-refractivity contribution in [1.82, 2.24) is 10.6 Å². The van der Waals surface area contributed by atoms with Gasteiger partial charge in [-0.05, 0) is 51.9 Å². The molecule has 0 aromatic carbocycles. The minimum atomic E-state index is -2.82. The van der Waals surface area contributed by atoms with E-state index in [0.717, 1.165) is 31.8 Å². The van der Waals surface area contributed by atoms with Crippen LogP contribution in [0.2, 0.25) is 0 Å². The van der Waals surface area contributed by atoms with E-state index in [0.29, 0.717) is 24.4 Å². The average Bonchev–Trinajstić information content (AvgIpc) is 3.18. The Morgan fingerprint density at radius 3 is 2.46 bits per heavy atom. The lowest BCUT2D eigenvalue weighted by atomic mass is 9.94. The molecule has 2 unspecified atom stereocenters. The van der Waals surface area contributed by atoms with Crippen molar-refractivity contribution >= 4 is 39.8 Å². The summed E-state index contributed by atoms with van der Waals surface area (Å²) in [5.41, 5.74) is -0.0971. The van der Waals surface area contributed by atoms with Gasteiger partial charge in [0.05, 0.1) is 17.1 Å². The van der Waals surface area contributed by atoms with Gasteiger partial charge in [0.15, 0.2) is 15.8 Å². The molecule has 3 fully saturated rings. The second kappa shape index (κ2) is 8.07. The summed E-state index contributed by atoms with van der Waals surface area (Å²) >= 11 is 0. The van der Waals surface area contributed by atoms with E-state index in [-0.39, 0.29) is 41.2 Å². The Kier molecular flexibility index (Phi) is 6.80. The number of hydrogen-bond donors (Lipinski definition) is 2. The zero-order valence-electron chi connectivity index (χ0n) is 14.6. The van der Waals surface area contributed by atoms with Crippen molar-refractivity contribution in [2.75, 3.05) is 24.7 Å². The Morgan fingerprint density at radius 2 is 1.88 bits per heavy atom. The van der Waals surface area contributed by atoms with Crippen LogP contribution in [-0.4, -0.2) is 56.7 Å². The molecule has 0 aromatic heterocycles. The summed E-state index contributed by atoms with van der Waals surface area (Å²) in [7, 11) is -2.82. The van der Waals surface area contributed by atoms with Gasteiger partial charge in [0.25, 0.3) is 0 Å². The lowest BCUT2D eigenvalue weighted by Crippen LogP contribution is -2.50. The van der Waals surface area contributed by atoms with Crippen LogP contribution in [0.4, 0.5) is 0 Å². The molecule has 0 spiro atoms. The molecule has 3 rings (SSSR count). The monoisotopic (exact) mass is 471 g/mol. The first-order valence-corrected chi connectivity index (χ1v) is 10.6. The molecule has 2 saturated heterocycles. The van der Waals surface area contributed by atoms with Crippen LogP contribution >= 0.6 is 24.0 Å². The third-order valence-electron chi connectivity index (χ3n) is 4.79. The molecule has 2 N–H and O–H groups in total. The Labute approximate surface area is 162 Å². The quantitative estimate of drug-likeness (QED) is 0.371. The van der Waals surface area contributed by atoms with E-state index in [1.165, 1.54) is 12.8 Å². The van der Waals surface area contributed by atoms with E-state index >= 15 is 0 Å². The van der Waals surface area contributed by atoms with Crippen molar-refractivity contribution in [3.8, 4) is 0 Å². The fraction of sp³-hybridized carbons (Fsp3) is 0.938. The molecule has 1 aliphatic carbocycles. The number of nitrogens with one attached hydrogen (secondary N) is 2. The summed E-state index contributed by atoms with van der Waals surface area (Å²) in [5.74, 6) is 1.63. The van der Waals surface area contributed by atoms with Crippen LogP contribution < -0.4 is 10.6 Å². The van der Waals surface area contributed by atoms with Gasteiger partial charge in [0.1, 0.15) is 0 Å². The molecular formula is C16H30IN3O3S. The number of rotatable bonds is 4. The van der Waals surface area contributed by atoms with Crippen molar-refractivity contribution in [3.63, 3.8) is 0 Å². The van der Waals surface area contributed by atoms with Crippen molar-refractivity contribution < 1.29 is 13.2 Å². The molecule has 24 heavy (non-hydrogen) atoms. The minimum Gasteiger partial charge on any atom is -0.375 e. The molecule has 0 bridgehead atoms. The molecule has 3 aliphatic rings. The average molecular weight is 471 g/mol. The van der Waals surface area contributed by atoms with Crippen LogP contribution in [0.5, 0.6) is 0 Å². The standard InChI is InChI=1S/C16H29N3O3S.HI/c1-16(2)9-14(5-7-22-16)19-15(18-13-3-4-13)17-10-12-6-8-23(20,21)11-12;/h12-14H,3-11H2,1-2H3,(H2,17,18,19);1H. The van der Waals surface area contributed by atoms with Crippen LogP contribution in [0.3, 0.4) is 0 Å². The van der Waals surface area contributed by atoms with Gasteiger partial charge in [-0.1, -0.05) is 0 Å². The lowest BCUT2D eigenvalue weighted by molar-refractivity contribution is -0.0605. The normalized spacial score (nSPS) is 32.0. The highest BCUT2D eigenvalue weighted by atomic mass is 127. The Hall–Kier alpha value is -0.0900. The number of halogens is 1. The molecular weight excluding hydrogens is 441 g/mol. The summed E-state index contributed by atoms with van der Waals surface area (Å²) in [4.78, 5) is 4.68. The topological polar surface area (TPSA) is 79.8 Å². The lowest BCUT2D eigenvalue weighted by Gasteiger charge is -2.36. The number of sulfone groups is 1. The van der Waals surface area contributed by atoms with Crippen LogP contribution in [0.25, 0.3) is 0 Å². The molecule has 140 valence electrons. The van der Waals surface area contributed by atoms with Crippen molar-refractivity contribution in [3.05, 3.63) is 0 Å². The maximum atomic E-state index is 11.6. The smallest absolute Gasteiger partial charge is 0.191 e. The number of nitrogens with zero attached hydrogens (tertiary/aromatic N) is 1. The van der Waals surface area contributed by atoms with E-state index in [1.807, 2.05) is 0 Å². The largest absolute Gasteiger partial charge is 0.375 e. The van der Waals surface area contributed by atoms with Gasteiger partial charge in [-0.15, -0.1) is 24.0 Å². The molecule has 8 heteroatoms. The number of hydrogen-bond acceptors (Lipinski definition) is 4. The van der Waals surface area contributed by atoms with E-state index in [4.69, 9.17) is 4.74 Å². The molecule has 0 amide bonds. The van der Waals surface area contributed by atoms with E-state index in [2.05, 4.69) is 29.5 Å². The van der Waals surface area contributed by atoms with Crippen molar-refractivity contribution in [2.45, 2.75) is 63.6 Å². The van der Waals surface area contributed by atoms with E-state index in [1.54, 1.807) is 0 Å². The number of aliphatic imine (C=N–C) groups is 1. The summed E-state index contributed by atoms with van der Waals surface area (Å²) in [5, 5.41) is 7.00. The Morgan fingerprint density at radius 1 is 1.17 bits per heavy atom. The van der Waals surface area contributed by atoms with Gasteiger partial charge in [0, 0.05) is 25.2 Å². The first-order chi connectivity index (χ1) is 10.8. The number of ether oxygens (including phenoxy) is 1. The van der Waals surface area contributed by atoms with Crippen LogP contribution in [-0.2, 0) is 14.6 Å². The maximum Gasteiger partial charge on any atom is 0.191 e. The zero-order valence-corrected chi connectivity index (χ0v) is 17.7. The third-order valence-corrected chi connectivity index (χ3v) is 6.63. The molecule has 0 radical (unpaired) electrons. The fourth-order valence-corrected chi connectivity index (χ4v) is 5.19. The Balaban J connectivity index is 0.00000208.